The number of fused-ring (bicyclic) bond motifs is 2. The third-order valence-electron chi connectivity index (χ3n) is 7.46. The van der Waals surface area contributed by atoms with Crippen molar-refractivity contribution in [3.63, 3.8) is 0 Å². The minimum Gasteiger partial charge on any atom is -0.494 e. The van der Waals surface area contributed by atoms with Gasteiger partial charge in [-0.3, -0.25) is 9.78 Å². The van der Waals surface area contributed by atoms with Gasteiger partial charge in [0.05, 0.1) is 24.9 Å². The van der Waals surface area contributed by atoms with Crippen molar-refractivity contribution in [3.05, 3.63) is 41.4 Å². The number of methoxy groups -OCH3 is 1. The van der Waals surface area contributed by atoms with Gasteiger partial charge in [0.2, 0.25) is 11.7 Å². The van der Waals surface area contributed by atoms with E-state index in [1.807, 2.05) is 11.8 Å². The second-order valence-corrected chi connectivity index (χ2v) is 9.47. The minimum absolute atomic E-state index is 0.0257. The third kappa shape index (κ3) is 4.27. The van der Waals surface area contributed by atoms with E-state index in [1.54, 1.807) is 11.0 Å². The van der Waals surface area contributed by atoms with E-state index in [1.165, 1.54) is 19.4 Å². The largest absolute Gasteiger partial charge is 0.494 e. The number of nitrogens with zero attached hydrogens (tertiary/aromatic N) is 7. The molecule has 0 aliphatic carbocycles. The maximum Gasteiger partial charge on any atom is 0.451 e. The molecule has 38 heavy (non-hydrogen) atoms. The molecule has 2 aliphatic rings. The average Bonchev–Trinajstić information content (AvgIpc) is 3.36. The van der Waals surface area contributed by atoms with E-state index in [0.717, 1.165) is 4.57 Å². The molecular formula is C25H25F4N7O2. The lowest BCUT2D eigenvalue weighted by atomic mass is 9.82. The molecule has 2 aliphatic heterocycles. The minimum atomic E-state index is -4.61. The average molecular weight is 532 g/mol. The normalized spacial score (nSPS) is 19.8. The van der Waals surface area contributed by atoms with Gasteiger partial charge in [-0.2, -0.15) is 18.4 Å². The number of carbonyl (C=O) groups is 1. The van der Waals surface area contributed by atoms with Crippen LogP contribution >= 0.6 is 0 Å². The lowest BCUT2D eigenvalue weighted by Crippen LogP contribution is -2.49. The van der Waals surface area contributed by atoms with E-state index in [4.69, 9.17) is 4.74 Å². The Morgan fingerprint density at radius 3 is 2.71 bits per heavy atom. The van der Waals surface area contributed by atoms with Crippen LogP contribution in [0, 0.1) is 29.0 Å². The number of nitriles is 1. The van der Waals surface area contributed by atoms with E-state index in [2.05, 4.69) is 21.3 Å². The molecule has 1 saturated heterocycles. The summed E-state index contributed by atoms with van der Waals surface area (Å²) in [5.41, 5.74) is 0.965. The molecule has 0 spiro atoms. The summed E-state index contributed by atoms with van der Waals surface area (Å²) in [6, 6.07) is 5.32. The first-order chi connectivity index (χ1) is 18.2. The van der Waals surface area contributed by atoms with Gasteiger partial charge in [0.25, 0.3) is 0 Å². The molecule has 3 aromatic rings. The molecule has 0 radical (unpaired) electrons. The second kappa shape index (κ2) is 9.74. The van der Waals surface area contributed by atoms with E-state index >= 15 is 0 Å². The zero-order chi connectivity index (χ0) is 27.2. The molecule has 4 heterocycles. The number of amides is 1. The van der Waals surface area contributed by atoms with E-state index in [0.29, 0.717) is 42.6 Å². The van der Waals surface area contributed by atoms with Crippen LogP contribution in [0.5, 0.6) is 5.75 Å². The van der Waals surface area contributed by atoms with Crippen LogP contribution in [0.4, 0.5) is 23.2 Å². The standard InChI is InChI=1S/C25H25F4N7O2/c1-3-14-12-34(22-15(10-30)11-31-21-17(22)4-5-18(38-2)20(21)26)7-6-16(14)23(37)35-8-9-36-19(13-35)32-33-24(36)25(27,28)29/h4-5,11,14,16H,3,6-9,12-13H2,1-2H3/t14-,16+/m1/s1. The Morgan fingerprint density at radius 2 is 2.03 bits per heavy atom. The van der Waals surface area contributed by atoms with Crippen LogP contribution < -0.4 is 9.64 Å². The molecule has 0 bridgehead atoms. The molecule has 9 nitrogen and oxygen atoms in total. The zero-order valence-corrected chi connectivity index (χ0v) is 20.8. The van der Waals surface area contributed by atoms with Gasteiger partial charge < -0.3 is 19.1 Å². The van der Waals surface area contributed by atoms with Crippen LogP contribution in [-0.4, -0.2) is 57.3 Å². The summed E-state index contributed by atoms with van der Waals surface area (Å²) in [7, 11) is 1.36. The predicted octanol–water partition coefficient (Wildman–Crippen LogP) is 3.76. The number of hydrogen-bond acceptors (Lipinski definition) is 7. The Hall–Kier alpha value is -3.95. The molecule has 0 unspecified atom stereocenters. The smallest absolute Gasteiger partial charge is 0.451 e. The van der Waals surface area contributed by atoms with Crippen LogP contribution in [0.3, 0.4) is 0 Å². The molecule has 1 amide bonds. The number of carbonyl (C=O) groups excluding carboxylic acids is 1. The lowest BCUT2D eigenvalue weighted by Gasteiger charge is -2.41. The monoisotopic (exact) mass is 531 g/mol. The van der Waals surface area contributed by atoms with Crippen molar-refractivity contribution in [2.24, 2.45) is 11.8 Å². The number of hydrogen-bond donors (Lipinski definition) is 0. The molecule has 2 aromatic heterocycles. The number of aromatic nitrogens is 4. The van der Waals surface area contributed by atoms with E-state index < -0.39 is 17.8 Å². The maximum atomic E-state index is 14.9. The maximum absolute atomic E-state index is 14.9. The topological polar surface area (TPSA) is 100 Å². The number of piperidine rings is 1. The van der Waals surface area contributed by atoms with Crippen LogP contribution in [0.1, 0.15) is 37.0 Å². The predicted molar refractivity (Wildman–Crippen MR) is 128 cm³/mol. The van der Waals surface area contributed by atoms with Gasteiger partial charge in [-0.1, -0.05) is 13.3 Å². The van der Waals surface area contributed by atoms with E-state index in [9.17, 15) is 27.6 Å². The fraction of sp³-hybridized carbons (Fsp3) is 0.480. The Kier molecular flexibility index (Phi) is 6.58. The summed E-state index contributed by atoms with van der Waals surface area (Å²) >= 11 is 0. The molecular weight excluding hydrogens is 506 g/mol. The van der Waals surface area contributed by atoms with Crippen molar-refractivity contribution in [2.45, 2.75) is 39.0 Å². The summed E-state index contributed by atoms with van der Waals surface area (Å²) in [4.78, 5) is 21.2. The number of pyridine rings is 1. The quantitative estimate of drug-likeness (QED) is 0.473. The van der Waals surface area contributed by atoms with Crippen LogP contribution in [0.15, 0.2) is 18.3 Å². The van der Waals surface area contributed by atoms with Gasteiger partial charge in [0.15, 0.2) is 17.4 Å². The van der Waals surface area contributed by atoms with Crippen molar-refractivity contribution in [3.8, 4) is 11.8 Å². The Labute approximate surface area is 215 Å². The SMILES string of the molecule is CC[C@@H]1CN(c2c(C#N)cnc3c(F)c(OC)ccc23)CC[C@@H]1C(=O)N1CCn2c(nnc2C(F)(F)F)C1. The summed E-state index contributed by atoms with van der Waals surface area (Å²) in [6.45, 7) is 2.94. The van der Waals surface area contributed by atoms with Gasteiger partial charge in [-0.15, -0.1) is 10.2 Å². The van der Waals surface area contributed by atoms with Crippen molar-refractivity contribution < 1.29 is 27.1 Å². The Balaban J connectivity index is 1.38. The van der Waals surface area contributed by atoms with Crippen LogP contribution in [0.25, 0.3) is 10.9 Å². The van der Waals surface area contributed by atoms with Gasteiger partial charge in [-0.05, 0) is 24.5 Å². The highest BCUT2D eigenvalue weighted by molar-refractivity contribution is 5.95. The second-order valence-electron chi connectivity index (χ2n) is 9.47. The number of ether oxygens (including phenoxy) is 1. The third-order valence-corrected chi connectivity index (χ3v) is 7.46. The molecule has 13 heteroatoms. The van der Waals surface area contributed by atoms with E-state index in [-0.39, 0.29) is 54.5 Å². The van der Waals surface area contributed by atoms with Crippen LogP contribution in [-0.2, 0) is 24.1 Å². The number of halogens is 4. The molecule has 1 aromatic carbocycles. The zero-order valence-electron chi connectivity index (χ0n) is 20.8. The fourth-order valence-corrected chi connectivity index (χ4v) is 5.54. The molecule has 5 rings (SSSR count). The first-order valence-electron chi connectivity index (χ1n) is 12.3. The van der Waals surface area contributed by atoms with Crippen molar-refractivity contribution in [1.29, 1.82) is 5.26 Å². The fourth-order valence-electron chi connectivity index (χ4n) is 5.54. The van der Waals surface area contributed by atoms with Crippen molar-refractivity contribution in [2.75, 3.05) is 31.6 Å². The van der Waals surface area contributed by atoms with Gasteiger partial charge in [0, 0.05) is 43.7 Å². The highest BCUT2D eigenvalue weighted by Gasteiger charge is 2.42. The molecule has 0 N–H and O–H groups in total. The molecule has 1 fully saturated rings. The first kappa shape index (κ1) is 25.7. The lowest BCUT2D eigenvalue weighted by molar-refractivity contribution is -0.148. The molecule has 200 valence electrons. The number of rotatable bonds is 4. The molecule has 2 atom stereocenters. The van der Waals surface area contributed by atoms with Gasteiger partial charge >= 0.3 is 6.18 Å². The summed E-state index contributed by atoms with van der Waals surface area (Å²) in [6.07, 6.45) is -2.12. The molecule has 0 saturated carbocycles. The highest BCUT2D eigenvalue weighted by Crippen LogP contribution is 2.38. The summed E-state index contributed by atoms with van der Waals surface area (Å²) in [5, 5.41) is 17.2. The van der Waals surface area contributed by atoms with Gasteiger partial charge in [0.1, 0.15) is 11.6 Å². The first-order valence-corrected chi connectivity index (χ1v) is 12.3. The summed E-state index contributed by atoms with van der Waals surface area (Å²) in [5.74, 6) is -2.05. The summed E-state index contributed by atoms with van der Waals surface area (Å²) < 4.78 is 60.6. The van der Waals surface area contributed by atoms with Crippen molar-refractivity contribution >= 4 is 22.5 Å². The van der Waals surface area contributed by atoms with Crippen molar-refractivity contribution in [1.82, 2.24) is 24.6 Å². The number of benzene rings is 1. The number of anilines is 1. The number of alkyl halides is 3. The Bertz CT molecular complexity index is 1430. The highest BCUT2D eigenvalue weighted by atomic mass is 19.4. The van der Waals surface area contributed by atoms with Gasteiger partial charge in [-0.25, -0.2) is 4.39 Å². The van der Waals surface area contributed by atoms with Crippen LogP contribution in [0.2, 0.25) is 0 Å². The Morgan fingerprint density at radius 1 is 1.24 bits per heavy atom.